The van der Waals surface area contributed by atoms with Crippen molar-refractivity contribution in [3.8, 4) is 0 Å². The number of nitrogens with two attached hydrogens (primary N) is 2. The SMILES string of the molecule is CSCC[C@@](N)(C(N)=O)[C@@]12C(C(=O)O)[C@@H](F)C[C@@H]1[C@@H]2C(=O)O. The first-order chi connectivity index (χ1) is 10.2. The van der Waals surface area contributed by atoms with Gasteiger partial charge in [-0.15, -0.1) is 0 Å². The molecule has 22 heavy (non-hydrogen) atoms. The fourth-order valence-corrected chi connectivity index (χ4v) is 4.88. The smallest absolute Gasteiger partial charge is 0.310 e. The molecule has 2 rings (SSSR count). The molecule has 0 spiro atoms. The zero-order chi connectivity index (χ0) is 16.9. The van der Waals surface area contributed by atoms with Gasteiger partial charge in [0, 0.05) is 5.41 Å². The molecule has 9 heteroatoms. The minimum Gasteiger partial charge on any atom is -0.481 e. The normalized spacial score (nSPS) is 38.9. The molecular weight excluding hydrogens is 315 g/mol. The number of carboxylic acid groups (broad SMARTS) is 2. The van der Waals surface area contributed by atoms with E-state index in [0.717, 1.165) is 0 Å². The largest absolute Gasteiger partial charge is 0.481 e. The van der Waals surface area contributed by atoms with Gasteiger partial charge in [-0.25, -0.2) is 4.39 Å². The first kappa shape index (κ1) is 17.0. The summed E-state index contributed by atoms with van der Waals surface area (Å²) in [5.74, 6) is -6.87. The van der Waals surface area contributed by atoms with E-state index >= 15 is 0 Å². The Morgan fingerprint density at radius 1 is 1.32 bits per heavy atom. The second-order valence-electron chi connectivity index (χ2n) is 6.00. The van der Waals surface area contributed by atoms with E-state index in [2.05, 4.69) is 0 Å². The van der Waals surface area contributed by atoms with Crippen molar-refractivity contribution in [1.82, 2.24) is 0 Å². The van der Waals surface area contributed by atoms with Crippen molar-refractivity contribution in [2.24, 2.45) is 34.6 Å². The maximum atomic E-state index is 14.1. The van der Waals surface area contributed by atoms with Gasteiger partial charge in [0.1, 0.15) is 11.7 Å². The summed E-state index contributed by atoms with van der Waals surface area (Å²) in [4.78, 5) is 35.0. The molecule has 0 heterocycles. The average molecular weight is 334 g/mol. The topological polar surface area (TPSA) is 144 Å². The van der Waals surface area contributed by atoms with Gasteiger partial charge in [-0.2, -0.15) is 11.8 Å². The van der Waals surface area contributed by atoms with Crippen LogP contribution in [0.2, 0.25) is 0 Å². The molecule has 2 saturated carbocycles. The molecule has 6 N–H and O–H groups in total. The fourth-order valence-electron chi connectivity index (χ4n) is 4.35. The van der Waals surface area contributed by atoms with Crippen molar-refractivity contribution < 1.29 is 29.0 Å². The molecule has 0 radical (unpaired) electrons. The molecule has 0 bridgehead atoms. The van der Waals surface area contributed by atoms with E-state index in [1.807, 2.05) is 0 Å². The van der Waals surface area contributed by atoms with Gasteiger partial charge >= 0.3 is 11.9 Å². The minimum atomic E-state index is -1.85. The number of thioether (sulfide) groups is 1. The minimum absolute atomic E-state index is 0.0142. The summed E-state index contributed by atoms with van der Waals surface area (Å²) >= 11 is 1.37. The van der Waals surface area contributed by atoms with E-state index in [1.165, 1.54) is 11.8 Å². The first-order valence-corrected chi connectivity index (χ1v) is 8.23. The van der Waals surface area contributed by atoms with Gasteiger partial charge in [0.05, 0.1) is 11.8 Å². The highest BCUT2D eigenvalue weighted by molar-refractivity contribution is 7.98. The average Bonchev–Trinajstić information content (AvgIpc) is 2.94. The van der Waals surface area contributed by atoms with Gasteiger partial charge in [-0.3, -0.25) is 14.4 Å². The number of aliphatic carboxylic acids is 2. The zero-order valence-electron chi connectivity index (χ0n) is 12.0. The third-order valence-corrected chi connectivity index (χ3v) is 5.83. The maximum Gasteiger partial charge on any atom is 0.310 e. The fraction of sp³-hybridized carbons (Fsp3) is 0.769. The molecule has 2 aliphatic carbocycles. The van der Waals surface area contributed by atoms with Gasteiger partial charge in [0.2, 0.25) is 5.91 Å². The van der Waals surface area contributed by atoms with E-state index in [4.69, 9.17) is 11.5 Å². The number of alkyl halides is 1. The van der Waals surface area contributed by atoms with E-state index in [1.54, 1.807) is 6.26 Å². The predicted octanol–water partition coefficient (Wildman–Crippen LogP) is -0.318. The lowest BCUT2D eigenvalue weighted by atomic mass is 9.69. The highest BCUT2D eigenvalue weighted by Crippen LogP contribution is 2.76. The first-order valence-electron chi connectivity index (χ1n) is 6.83. The number of halogens is 1. The summed E-state index contributed by atoms with van der Waals surface area (Å²) in [5, 5.41) is 18.7. The van der Waals surface area contributed by atoms with Crippen LogP contribution in [0, 0.1) is 23.2 Å². The van der Waals surface area contributed by atoms with Crippen LogP contribution in [-0.4, -0.2) is 51.8 Å². The van der Waals surface area contributed by atoms with Crippen LogP contribution < -0.4 is 11.5 Å². The van der Waals surface area contributed by atoms with E-state index in [0.29, 0.717) is 5.75 Å². The Balaban J connectivity index is 2.55. The molecule has 124 valence electrons. The standard InChI is InChI=1S/C13H19FN2O5S/c1-22-3-2-12(16,11(15)21)13-5(7(13)9(17)18)4-6(14)8(13)10(19)20/h5-8H,2-4,16H2,1H3,(H2,15,21)(H,17,18)(H,19,20)/t5-,6+,7-,8?,12-,13+/m1/s1. The van der Waals surface area contributed by atoms with E-state index in [-0.39, 0.29) is 12.8 Å². The molecule has 0 aromatic carbocycles. The van der Waals surface area contributed by atoms with E-state index < -0.39 is 52.7 Å². The molecule has 2 fully saturated rings. The number of fused-ring (bicyclic) bond motifs is 1. The van der Waals surface area contributed by atoms with Gasteiger partial charge in [0.15, 0.2) is 0 Å². The summed E-state index contributed by atoms with van der Waals surface area (Å²) in [7, 11) is 0. The molecular formula is C13H19FN2O5S. The summed E-state index contributed by atoms with van der Waals surface area (Å²) in [6.45, 7) is 0. The summed E-state index contributed by atoms with van der Waals surface area (Å²) in [6, 6.07) is 0. The van der Waals surface area contributed by atoms with Crippen molar-refractivity contribution >= 4 is 29.6 Å². The predicted molar refractivity (Wildman–Crippen MR) is 76.8 cm³/mol. The second-order valence-corrected chi connectivity index (χ2v) is 6.99. The molecule has 0 aromatic heterocycles. The molecule has 1 unspecified atom stereocenters. The van der Waals surface area contributed by atoms with Crippen molar-refractivity contribution in [2.75, 3.05) is 12.0 Å². The molecule has 6 atom stereocenters. The lowest BCUT2D eigenvalue weighted by Gasteiger charge is -2.38. The Morgan fingerprint density at radius 3 is 2.27 bits per heavy atom. The lowest BCUT2D eigenvalue weighted by molar-refractivity contribution is -0.151. The Bertz CT molecular complexity index is 533. The van der Waals surface area contributed by atoms with Crippen LogP contribution >= 0.6 is 11.8 Å². The number of rotatable bonds is 7. The Kier molecular flexibility index (Phi) is 4.16. The molecule has 0 aromatic rings. The number of amides is 1. The van der Waals surface area contributed by atoms with Crippen molar-refractivity contribution in [2.45, 2.75) is 24.6 Å². The van der Waals surface area contributed by atoms with E-state index in [9.17, 15) is 29.0 Å². The van der Waals surface area contributed by atoms with Crippen LogP contribution in [0.5, 0.6) is 0 Å². The van der Waals surface area contributed by atoms with Crippen LogP contribution in [0.3, 0.4) is 0 Å². The molecule has 7 nitrogen and oxygen atoms in total. The Morgan fingerprint density at radius 2 is 1.86 bits per heavy atom. The van der Waals surface area contributed by atoms with Crippen molar-refractivity contribution in [3.05, 3.63) is 0 Å². The van der Waals surface area contributed by atoms with Crippen LogP contribution in [0.15, 0.2) is 0 Å². The monoisotopic (exact) mass is 334 g/mol. The Hall–Kier alpha value is -1.35. The number of primary amides is 1. The summed E-state index contributed by atoms with van der Waals surface area (Å²) < 4.78 is 14.1. The van der Waals surface area contributed by atoms with Crippen LogP contribution in [0.4, 0.5) is 4.39 Å². The molecule has 0 saturated heterocycles. The highest BCUT2D eigenvalue weighted by Gasteiger charge is 2.85. The van der Waals surface area contributed by atoms with Crippen molar-refractivity contribution in [3.63, 3.8) is 0 Å². The molecule has 0 aliphatic heterocycles. The van der Waals surface area contributed by atoms with Crippen LogP contribution in [0.1, 0.15) is 12.8 Å². The van der Waals surface area contributed by atoms with Gasteiger partial charge in [-0.05, 0) is 30.8 Å². The Labute approximate surface area is 130 Å². The number of hydrogen-bond donors (Lipinski definition) is 4. The summed E-state index contributed by atoms with van der Waals surface area (Å²) in [6.07, 6.45) is -0.172. The highest BCUT2D eigenvalue weighted by atomic mass is 32.2. The van der Waals surface area contributed by atoms with Gasteiger partial charge in [-0.1, -0.05) is 0 Å². The maximum absolute atomic E-state index is 14.1. The molecule has 1 amide bonds. The number of hydrogen-bond acceptors (Lipinski definition) is 5. The van der Waals surface area contributed by atoms with Gasteiger partial charge in [0.25, 0.3) is 0 Å². The zero-order valence-corrected chi connectivity index (χ0v) is 12.8. The van der Waals surface area contributed by atoms with Crippen LogP contribution in [0.25, 0.3) is 0 Å². The lowest BCUT2D eigenvalue weighted by Crippen LogP contribution is -2.63. The third kappa shape index (κ3) is 1.95. The second kappa shape index (κ2) is 5.38. The molecule has 2 aliphatic rings. The van der Waals surface area contributed by atoms with Crippen molar-refractivity contribution in [1.29, 1.82) is 0 Å². The number of carboxylic acids is 2. The number of carbonyl (C=O) groups excluding carboxylic acids is 1. The third-order valence-electron chi connectivity index (χ3n) is 5.22. The van der Waals surface area contributed by atoms with Crippen LogP contribution in [-0.2, 0) is 14.4 Å². The number of carbonyl (C=O) groups is 3. The van der Waals surface area contributed by atoms with Gasteiger partial charge < -0.3 is 21.7 Å². The summed E-state index contributed by atoms with van der Waals surface area (Å²) in [5.41, 5.74) is 8.04. The quantitative estimate of drug-likeness (QED) is 0.499.